The average molecular weight is 404 g/mol. The number of sulfonamides is 1. The highest BCUT2D eigenvalue weighted by atomic mass is 32.2. The van der Waals surface area contributed by atoms with E-state index in [0.29, 0.717) is 25.7 Å². The molecule has 2 aliphatic heterocycles. The zero-order chi connectivity index (χ0) is 19.4. The van der Waals surface area contributed by atoms with E-state index < -0.39 is 26.6 Å². The number of rotatable bonds is 6. The number of nitrogens with one attached hydrogen (secondary N) is 2. The first-order valence-corrected chi connectivity index (χ1v) is 10.5. The number of carbonyl (C=O) groups is 1. The number of piperazine rings is 1. The molecule has 0 unspecified atom stereocenters. The molecule has 2 saturated heterocycles. The Bertz CT molecular complexity index is 776. The number of ether oxygens (including phenoxy) is 1. The third-order valence-corrected chi connectivity index (χ3v) is 6.83. The van der Waals surface area contributed by atoms with E-state index >= 15 is 0 Å². The second kappa shape index (κ2) is 8.59. The van der Waals surface area contributed by atoms with Crippen LogP contribution in [0.4, 0.5) is 8.78 Å². The van der Waals surface area contributed by atoms with Crippen LogP contribution in [0.15, 0.2) is 23.1 Å². The second-order valence-corrected chi connectivity index (χ2v) is 8.75. The summed E-state index contributed by atoms with van der Waals surface area (Å²) in [6.07, 6.45) is 2.04. The van der Waals surface area contributed by atoms with E-state index in [4.69, 9.17) is 4.74 Å². The van der Waals surface area contributed by atoms with E-state index in [9.17, 15) is 22.0 Å². The van der Waals surface area contributed by atoms with Gasteiger partial charge in [-0.3, -0.25) is 4.79 Å². The monoisotopic (exact) mass is 404 g/mol. The topological polar surface area (TPSA) is 80.2 Å². The molecule has 27 heavy (non-hydrogen) atoms. The van der Waals surface area contributed by atoms with Gasteiger partial charge in [0.15, 0.2) is 6.54 Å². The molecule has 10 heteroatoms. The van der Waals surface area contributed by atoms with Gasteiger partial charge in [0.05, 0.1) is 32.3 Å². The minimum Gasteiger partial charge on any atom is -0.376 e. The van der Waals surface area contributed by atoms with Crippen LogP contribution in [0, 0.1) is 11.6 Å². The lowest BCUT2D eigenvalue weighted by Crippen LogP contribution is -3.15. The lowest BCUT2D eigenvalue weighted by atomic mass is 10.2. The summed E-state index contributed by atoms with van der Waals surface area (Å²) in [5.41, 5.74) is 0. The Kier molecular flexibility index (Phi) is 6.40. The smallest absolute Gasteiger partial charge is 0.275 e. The van der Waals surface area contributed by atoms with Crippen LogP contribution in [-0.4, -0.2) is 70.6 Å². The lowest BCUT2D eigenvalue weighted by Gasteiger charge is -2.31. The molecule has 0 saturated carbocycles. The molecular weight excluding hydrogens is 380 g/mol. The fraction of sp³-hybridized carbons (Fsp3) is 0.588. The number of benzene rings is 1. The SMILES string of the molecule is O=C(C[NH+]1CCN(S(=O)(=O)c2ccc(F)cc2F)CC1)NC[C@H]1CCCO1. The van der Waals surface area contributed by atoms with Crippen LogP contribution in [0.2, 0.25) is 0 Å². The van der Waals surface area contributed by atoms with Gasteiger partial charge in [0.1, 0.15) is 16.5 Å². The van der Waals surface area contributed by atoms with Crippen LogP contribution in [0.1, 0.15) is 12.8 Å². The van der Waals surface area contributed by atoms with Crippen molar-refractivity contribution in [3.8, 4) is 0 Å². The molecule has 7 nitrogen and oxygen atoms in total. The van der Waals surface area contributed by atoms with Gasteiger partial charge in [0.2, 0.25) is 10.0 Å². The maximum atomic E-state index is 13.8. The summed E-state index contributed by atoms with van der Waals surface area (Å²) in [4.78, 5) is 12.5. The minimum atomic E-state index is -4.02. The van der Waals surface area contributed by atoms with Crippen molar-refractivity contribution in [2.24, 2.45) is 0 Å². The van der Waals surface area contributed by atoms with Crippen LogP contribution in [0.25, 0.3) is 0 Å². The van der Waals surface area contributed by atoms with E-state index in [1.54, 1.807) is 0 Å². The van der Waals surface area contributed by atoms with Gasteiger partial charge < -0.3 is 15.0 Å². The van der Waals surface area contributed by atoms with Crippen LogP contribution >= 0.6 is 0 Å². The van der Waals surface area contributed by atoms with Crippen molar-refractivity contribution in [2.75, 3.05) is 45.9 Å². The van der Waals surface area contributed by atoms with Gasteiger partial charge in [-0.2, -0.15) is 4.31 Å². The molecule has 0 bridgehead atoms. The first-order valence-electron chi connectivity index (χ1n) is 9.03. The van der Waals surface area contributed by atoms with Crippen LogP contribution in [-0.2, 0) is 19.6 Å². The summed E-state index contributed by atoms with van der Waals surface area (Å²) < 4.78 is 58.6. The van der Waals surface area contributed by atoms with Crippen LogP contribution < -0.4 is 10.2 Å². The maximum absolute atomic E-state index is 13.8. The van der Waals surface area contributed by atoms with Crippen molar-refractivity contribution >= 4 is 15.9 Å². The summed E-state index contributed by atoms with van der Waals surface area (Å²) in [6.45, 7) is 2.71. The highest BCUT2D eigenvalue weighted by Gasteiger charge is 2.33. The average Bonchev–Trinajstić information content (AvgIpc) is 3.14. The number of hydrogen-bond acceptors (Lipinski definition) is 4. The summed E-state index contributed by atoms with van der Waals surface area (Å²) in [5, 5.41) is 2.85. The predicted octanol–water partition coefficient (Wildman–Crippen LogP) is -0.851. The number of quaternary nitrogens is 1. The highest BCUT2D eigenvalue weighted by Crippen LogP contribution is 2.20. The molecule has 1 amide bonds. The third-order valence-electron chi connectivity index (χ3n) is 4.90. The van der Waals surface area contributed by atoms with Gasteiger partial charge in [-0.25, -0.2) is 17.2 Å². The molecule has 0 aromatic heterocycles. The summed E-state index contributed by atoms with van der Waals surface area (Å²) >= 11 is 0. The molecule has 2 heterocycles. The van der Waals surface area contributed by atoms with Crippen molar-refractivity contribution in [1.29, 1.82) is 0 Å². The Balaban J connectivity index is 1.49. The Morgan fingerprint density at radius 2 is 2.04 bits per heavy atom. The molecule has 1 atom stereocenters. The number of nitrogens with zero attached hydrogens (tertiary/aromatic N) is 1. The van der Waals surface area contributed by atoms with Gasteiger partial charge in [-0.1, -0.05) is 0 Å². The maximum Gasteiger partial charge on any atom is 0.275 e. The van der Waals surface area contributed by atoms with E-state index in [1.165, 1.54) is 4.31 Å². The molecule has 0 spiro atoms. The zero-order valence-electron chi connectivity index (χ0n) is 14.9. The molecule has 1 aromatic carbocycles. The van der Waals surface area contributed by atoms with Crippen LogP contribution in [0.5, 0.6) is 0 Å². The number of amides is 1. The normalized spacial score (nSPS) is 22.1. The fourth-order valence-electron chi connectivity index (χ4n) is 3.37. The Morgan fingerprint density at radius 3 is 2.67 bits per heavy atom. The molecular formula is C17H24F2N3O4S+. The fourth-order valence-corrected chi connectivity index (χ4v) is 4.85. The molecule has 2 fully saturated rings. The van der Waals surface area contributed by atoms with Crippen molar-refractivity contribution in [3.05, 3.63) is 29.8 Å². The van der Waals surface area contributed by atoms with E-state index in [1.807, 2.05) is 0 Å². The van der Waals surface area contributed by atoms with Crippen LogP contribution in [0.3, 0.4) is 0 Å². The van der Waals surface area contributed by atoms with Crippen molar-refractivity contribution in [3.63, 3.8) is 0 Å². The van der Waals surface area contributed by atoms with E-state index in [0.717, 1.165) is 36.5 Å². The molecule has 2 N–H and O–H groups in total. The minimum absolute atomic E-state index is 0.0801. The zero-order valence-corrected chi connectivity index (χ0v) is 15.7. The molecule has 3 rings (SSSR count). The third kappa shape index (κ3) is 5.01. The largest absolute Gasteiger partial charge is 0.376 e. The van der Waals surface area contributed by atoms with Gasteiger partial charge in [-0.05, 0) is 25.0 Å². The van der Waals surface area contributed by atoms with Crippen molar-refractivity contribution in [1.82, 2.24) is 9.62 Å². The quantitative estimate of drug-likeness (QED) is 0.647. The number of halogens is 2. The van der Waals surface area contributed by atoms with Gasteiger partial charge >= 0.3 is 0 Å². The van der Waals surface area contributed by atoms with E-state index in [2.05, 4.69) is 5.32 Å². The first-order chi connectivity index (χ1) is 12.9. The van der Waals surface area contributed by atoms with Gasteiger partial charge in [-0.15, -0.1) is 0 Å². The summed E-state index contributed by atoms with van der Waals surface area (Å²) in [6, 6.07) is 2.43. The number of carbonyl (C=O) groups excluding carboxylic acids is 1. The molecule has 0 aliphatic carbocycles. The lowest BCUT2D eigenvalue weighted by molar-refractivity contribution is -0.895. The molecule has 0 radical (unpaired) electrons. The predicted molar refractivity (Wildman–Crippen MR) is 92.7 cm³/mol. The van der Waals surface area contributed by atoms with Crippen molar-refractivity contribution in [2.45, 2.75) is 23.8 Å². The van der Waals surface area contributed by atoms with Gasteiger partial charge in [0, 0.05) is 19.2 Å². The molecule has 1 aromatic rings. The Hall–Kier alpha value is -1.62. The van der Waals surface area contributed by atoms with Crippen molar-refractivity contribution < 1.29 is 31.6 Å². The highest BCUT2D eigenvalue weighted by molar-refractivity contribution is 7.89. The van der Waals surface area contributed by atoms with E-state index in [-0.39, 0.29) is 31.6 Å². The molecule has 2 aliphatic rings. The summed E-state index contributed by atoms with van der Waals surface area (Å²) in [5.74, 6) is -2.02. The second-order valence-electron chi connectivity index (χ2n) is 6.84. The Labute approximate surface area is 157 Å². The Morgan fingerprint density at radius 1 is 1.30 bits per heavy atom. The standard InChI is InChI=1S/C17H23F2N3O4S/c18-13-3-4-16(15(19)10-13)27(24,25)22-7-5-21(6-8-22)12-17(23)20-11-14-2-1-9-26-14/h3-4,10,14H,1-2,5-9,11-12H2,(H,20,23)/p+1/t14-/m1/s1. The van der Waals surface area contributed by atoms with Gasteiger partial charge in [0.25, 0.3) is 5.91 Å². The summed E-state index contributed by atoms with van der Waals surface area (Å²) in [7, 11) is -4.02. The molecule has 150 valence electrons. The number of hydrogen-bond donors (Lipinski definition) is 2. The first kappa shape index (κ1) is 20.1.